The van der Waals surface area contributed by atoms with Crippen LogP contribution in [0.4, 0.5) is 0 Å². The Morgan fingerprint density at radius 2 is 1.68 bits per heavy atom. The van der Waals surface area contributed by atoms with Gasteiger partial charge < -0.3 is 4.74 Å². The van der Waals surface area contributed by atoms with E-state index in [1.54, 1.807) is 13.0 Å². The molecule has 0 bridgehead atoms. The SMILES string of the molecule is CCOC(=O)/C=C/C=C(C)/C=C/C1=C(C)CCCC1(C)C.[C-]#[O+].[C-]#[O+].[C-]#[O+].[Fe]. The molecule has 0 aliphatic heterocycles. The molecule has 1 aliphatic rings. The summed E-state index contributed by atoms with van der Waals surface area (Å²) in [4.78, 5) is 11.2. The van der Waals surface area contributed by atoms with Crippen molar-refractivity contribution < 1.29 is 40.6 Å². The summed E-state index contributed by atoms with van der Waals surface area (Å²) in [5.74, 6) is -0.294. The summed E-state index contributed by atoms with van der Waals surface area (Å²) >= 11 is 0. The maximum atomic E-state index is 11.2. The van der Waals surface area contributed by atoms with Crippen LogP contribution in [0.5, 0.6) is 0 Å². The Morgan fingerprint density at radius 3 is 2.14 bits per heavy atom. The molecule has 0 N–H and O–H groups in total. The molecule has 0 atom stereocenters. The van der Waals surface area contributed by atoms with Crippen LogP contribution in [0.15, 0.2) is 47.1 Å². The van der Waals surface area contributed by atoms with Gasteiger partial charge in [-0.2, -0.15) is 0 Å². The van der Waals surface area contributed by atoms with E-state index in [4.69, 9.17) is 18.7 Å². The third kappa shape index (κ3) is 15.2. The third-order valence-corrected chi connectivity index (χ3v) is 3.93. The smallest absolute Gasteiger partial charge is 0 e. The Hall–Kier alpha value is -1.83. The Balaban J connectivity index is -0.000000374. The van der Waals surface area contributed by atoms with E-state index in [1.165, 1.54) is 36.5 Å². The van der Waals surface area contributed by atoms with Crippen molar-refractivity contribution in [3.05, 3.63) is 67.1 Å². The number of hydrogen-bond acceptors (Lipinski definition) is 2. The maximum absolute atomic E-state index is 11.2. The van der Waals surface area contributed by atoms with Crippen molar-refractivity contribution in [2.75, 3.05) is 6.61 Å². The van der Waals surface area contributed by atoms with Gasteiger partial charge in [0.1, 0.15) is 0 Å². The molecule has 1 aliphatic carbocycles. The molecule has 28 heavy (non-hydrogen) atoms. The third-order valence-electron chi connectivity index (χ3n) is 3.93. The summed E-state index contributed by atoms with van der Waals surface area (Å²) in [5.41, 5.74) is 4.34. The maximum Gasteiger partial charge on any atom is 0 e. The fourth-order valence-electron chi connectivity index (χ4n) is 2.75. The number of allylic oxidation sites excluding steroid dienone is 7. The number of ether oxygens (including phenoxy) is 1. The van der Waals surface area contributed by atoms with Gasteiger partial charge in [-0.25, -0.2) is 4.79 Å². The van der Waals surface area contributed by atoms with Crippen LogP contribution in [0.3, 0.4) is 0 Å². The van der Waals surface area contributed by atoms with E-state index in [9.17, 15) is 4.79 Å². The van der Waals surface area contributed by atoms with E-state index < -0.39 is 0 Å². The van der Waals surface area contributed by atoms with E-state index in [1.807, 2.05) is 13.0 Å². The van der Waals surface area contributed by atoms with Crippen LogP contribution in [0.1, 0.15) is 53.9 Å². The zero-order valence-corrected chi connectivity index (χ0v) is 18.2. The first-order chi connectivity index (χ1) is 12.9. The first-order valence-corrected chi connectivity index (χ1v) is 8.38. The average Bonchev–Trinajstić information content (AvgIpc) is 2.66. The number of rotatable bonds is 5. The summed E-state index contributed by atoms with van der Waals surface area (Å²) in [6, 6.07) is 0. The van der Waals surface area contributed by atoms with Gasteiger partial charge in [0, 0.05) is 23.1 Å². The molecule has 0 saturated heterocycles. The van der Waals surface area contributed by atoms with Gasteiger partial charge >= 0.3 is 39.9 Å². The molecule has 0 aromatic carbocycles. The average molecular weight is 428 g/mol. The Labute approximate surface area is 179 Å². The van der Waals surface area contributed by atoms with Gasteiger partial charge in [-0.15, -0.1) is 0 Å². The second-order valence-electron chi connectivity index (χ2n) is 6.29. The molecule has 0 fully saturated rings. The van der Waals surface area contributed by atoms with Crippen LogP contribution >= 0.6 is 0 Å². The van der Waals surface area contributed by atoms with E-state index in [-0.39, 0.29) is 28.5 Å². The summed E-state index contributed by atoms with van der Waals surface area (Å²) in [6.07, 6.45) is 13.2. The molecule has 5 nitrogen and oxygen atoms in total. The number of carbonyl (C=O) groups is 1. The van der Waals surface area contributed by atoms with Gasteiger partial charge in [-0.1, -0.05) is 49.3 Å². The fraction of sp³-hybridized carbons (Fsp3) is 0.455. The second kappa shape index (κ2) is 21.5. The van der Waals surface area contributed by atoms with Crippen molar-refractivity contribution in [1.29, 1.82) is 0 Å². The standard InChI is InChI=1S/C19H28O2.3CO.Fe/c1-6-21-18(20)11-7-9-15(2)12-13-17-16(3)10-8-14-19(17,4)5;3*1-2;/h7,9,11-13H,6,8,10,14H2,1-5H3;;;;/b11-7+,13-12+,15-9+;;;;. The normalized spacial score (nSPS) is 14.9. The zero-order chi connectivity index (χ0) is 21.9. The van der Waals surface area contributed by atoms with Gasteiger partial charge in [0.05, 0.1) is 6.61 Å². The van der Waals surface area contributed by atoms with Crippen LogP contribution in [0.25, 0.3) is 0 Å². The van der Waals surface area contributed by atoms with Gasteiger partial charge in [0.2, 0.25) is 0 Å². The molecule has 0 aromatic heterocycles. The van der Waals surface area contributed by atoms with Crippen molar-refractivity contribution >= 4 is 5.97 Å². The zero-order valence-electron chi connectivity index (χ0n) is 17.1. The summed E-state index contributed by atoms with van der Waals surface area (Å²) < 4.78 is 27.3. The van der Waals surface area contributed by atoms with Crippen molar-refractivity contribution in [2.45, 2.75) is 53.9 Å². The Bertz CT molecular complexity index is 602. The van der Waals surface area contributed by atoms with Crippen LogP contribution in [-0.2, 0) is 40.6 Å². The topological polar surface area (TPSA) is 86.0 Å². The predicted molar refractivity (Wildman–Crippen MR) is 101 cm³/mol. The molecule has 0 spiro atoms. The van der Waals surface area contributed by atoms with Crippen molar-refractivity contribution in [3.63, 3.8) is 0 Å². The number of esters is 1. The summed E-state index contributed by atoms with van der Waals surface area (Å²) in [7, 11) is 0. The molecule has 1 rings (SSSR count). The van der Waals surface area contributed by atoms with Crippen LogP contribution in [0, 0.1) is 25.4 Å². The van der Waals surface area contributed by atoms with E-state index in [0.717, 1.165) is 5.57 Å². The van der Waals surface area contributed by atoms with E-state index >= 15 is 0 Å². The van der Waals surface area contributed by atoms with Gasteiger partial charge in [0.25, 0.3) is 0 Å². The number of carbonyl (C=O) groups excluding carboxylic acids is 1. The van der Waals surface area contributed by atoms with Gasteiger partial charge in [-0.3, -0.25) is 0 Å². The number of hydrogen-bond donors (Lipinski definition) is 0. The predicted octanol–water partition coefficient (Wildman–Crippen LogP) is 5.02. The molecule has 154 valence electrons. The van der Waals surface area contributed by atoms with E-state index in [2.05, 4.69) is 52.9 Å². The fourth-order valence-corrected chi connectivity index (χ4v) is 2.75. The van der Waals surface area contributed by atoms with Crippen molar-refractivity contribution in [1.82, 2.24) is 0 Å². The molecule has 0 saturated carbocycles. The minimum absolute atomic E-state index is 0. The minimum Gasteiger partial charge on any atom is 0 e. The van der Waals surface area contributed by atoms with Crippen molar-refractivity contribution in [3.8, 4) is 0 Å². The van der Waals surface area contributed by atoms with Gasteiger partial charge in [-0.05, 0) is 51.0 Å². The van der Waals surface area contributed by atoms with Gasteiger partial charge in [0.15, 0.2) is 0 Å². The minimum atomic E-state index is -0.294. The monoisotopic (exact) mass is 428 g/mol. The first kappa shape index (κ1) is 33.7. The molecular formula is C22H28FeO5. The molecule has 0 radical (unpaired) electrons. The van der Waals surface area contributed by atoms with E-state index in [0.29, 0.717) is 6.61 Å². The Kier molecular flexibility index (Phi) is 25.9. The molecule has 0 amide bonds. The molecule has 0 unspecified atom stereocenters. The van der Waals surface area contributed by atoms with Crippen LogP contribution in [-0.4, -0.2) is 12.6 Å². The molecule has 0 heterocycles. The first-order valence-electron chi connectivity index (χ1n) is 8.38. The summed E-state index contributed by atoms with van der Waals surface area (Å²) in [6.45, 7) is 24.6. The molecule has 6 heteroatoms. The van der Waals surface area contributed by atoms with Crippen molar-refractivity contribution in [2.24, 2.45) is 5.41 Å². The molecule has 0 aromatic rings. The van der Waals surface area contributed by atoms with Crippen LogP contribution in [0.2, 0.25) is 0 Å². The largest absolute Gasteiger partial charge is 0 e. The Morgan fingerprint density at radius 1 is 1.14 bits per heavy atom. The molecular weight excluding hydrogens is 400 g/mol. The summed E-state index contributed by atoms with van der Waals surface area (Å²) in [5, 5.41) is 0. The quantitative estimate of drug-likeness (QED) is 0.154. The van der Waals surface area contributed by atoms with Crippen LogP contribution < -0.4 is 0 Å². The second-order valence-corrected chi connectivity index (χ2v) is 6.29.